The Hall–Kier alpha value is -1.33. The van der Waals surface area contributed by atoms with Gasteiger partial charge in [-0.1, -0.05) is 154 Å². The summed E-state index contributed by atoms with van der Waals surface area (Å²) < 4.78 is 11.2. The van der Waals surface area contributed by atoms with Crippen molar-refractivity contribution >= 4 is 5.91 Å². The van der Waals surface area contributed by atoms with Crippen LogP contribution in [-0.2, 0) is 14.3 Å². The average molecular weight is 726 g/mol. The lowest BCUT2D eigenvalue weighted by Crippen LogP contribution is -2.60. The Balaban J connectivity index is 2.42. The molecule has 0 aromatic heterocycles. The first-order chi connectivity index (χ1) is 24.8. The quantitative estimate of drug-likeness (QED) is 0.0289. The van der Waals surface area contributed by atoms with Crippen molar-refractivity contribution in [1.82, 2.24) is 5.32 Å². The Morgan fingerprint density at radius 2 is 1.10 bits per heavy atom. The second-order valence-corrected chi connectivity index (χ2v) is 14.8. The fourth-order valence-electron chi connectivity index (χ4n) is 6.56. The summed E-state index contributed by atoms with van der Waals surface area (Å²) in [6.07, 6.45) is 30.7. The van der Waals surface area contributed by atoms with E-state index in [1.54, 1.807) is 6.08 Å². The van der Waals surface area contributed by atoms with E-state index in [1.165, 1.54) is 103 Å². The number of ether oxygens (including phenoxy) is 2. The predicted octanol–water partition coefficient (Wildman–Crippen LogP) is 7.94. The number of carbonyl (C=O) groups is 1. The molecule has 51 heavy (non-hydrogen) atoms. The molecule has 1 amide bonds. The lowest BCUT2D eigenvalue weighted by atomic mass is 9.99. The molecule has 2 unspecified atom stereocenters. The van der Waals surface area contributed by atoms with E-state index in [0.29, 0.717) is 6.42 Å². The van der Waals surface area contributed by atoms with E-state index in [1.807, 2.05) is 6.08 Å². The van der Waals surface area contributed by atoms with Crippen molar-refractivity contribution in [3.05, 3.63) is 24.3 Å². The van der Waals surface area contributed by atoms with E-state index in [0.717, 1.165) is 57.8 Å². The second-order valence-electron chi connectivity index (χ2n) is 14.8. The molecular formula is C42H79NO8. The number of hydrogen-bond acceptors (Lipinski definition) is 8. The van der Waals surface area contributed by atoms with Crippen molar-refractivity contribution in [2.75, 3.05) is 13.2 Å². The summed E-state index contributed by atoms with van der Waals surface area (Å²) in [7, 11) is 0. The minimum absolute atomic E-state index is 0.187. The summed E-state index contributed by atoms with van der Waals surface area (Å²) in [6.45, 7) is 3.74. The Bertz CT molecular complexity index is 853. The molecule has 1 heterocycles. The highest BCUT2D eigenvalue weighted by molar-refractivity contribution is 5.76. The zero-order valence-corrected chi connectivity index (χ0v) is 32.6. The lowest BCUT2D eigenvalue weighted by molar-refractivity contribution is -0.302. The van der Waals surface area contributed by atoms with Crippen LogP contribution in [0.1, 0.15) is 181 Å². The van der Waals surface area contributed by atoms with Gasteiger partial charge in [0.1, 0.15) is 24.4 Å². The van der Waals surface area contributed by atoms with Gasteiger partial charge in [0.05, 0.1) is 25.4 Å². The highest BCUT2D eigenvalue weighted by atomic mass is 16.7. The monoisotopic (exact) mass is 726 g/mol. The van der Waals surface area contributed by atoms with Crippen LogP contribution in [0.5, 0.6) is 0 Å². The summed E-state index contributed by atoms with van der Waals surface area (Å²) >= 11 is 0. The van der Waals surface area contributed by atoms with Crippen LogP contribution in [0.4, 0.5) is 0 Å². The molecule has 0 aromatic rings. The third-order valence-corrected chi connectivity index (χ3v) is 10.0. The second kappa shape index (κ2) is 33.3. The normalized spacial score (nSPS) is 22.2. The van der Waals surface area contributed by atoms with Crippen molar-refractivity contribution in [3.63, 3.8) is 0 Å². The lowest BCUT2D eigenvalue weighted by Gasteiger charge is -2.40. The Kier molecular flexibility index (Phi) is 31.1. The fourth-order valence-corrected chi connectivity index (χ4v) is 6.56. The largest absolute Gasteiger partial charge is 0.394 e. The van der Waals surface area contributed by atoms with Gasteiger partial charge in [-0.2, -0.15) is 0 Å². The molecule has 6 N–H and O–H groups in total. The summed E-state index contributed by atoms with van der Waals surface area (Å²) in [5, 5.41) is 54.0. The summed E-state index contributed by atoms with van der Waals surface area (Å²) in [5.41, 5.74) is 0. The molecule has 1 fully saturated rings. The van der Waals surface area contributed by atoms with Crippen LogP contribution >= 0.6 is 0 Å². The minimum atomic E-state index is -1.56. The van der Waals surface area contributed by atoms with E-state index < -0.39 is 49.5 Å². The van der Waals surface area contributed by atoms with Gasteiger partial charge in [-0.15, -0.1) is 0 Å². The molecule has 0 saturated carbocycles. The Labute approximate surface area is 311 Å². The number of rotatable bonds is 34. The molecule has 1 aliphatic heterocycles. The third kappa shape index (κ3) is 24.6. The number of amides is 1. The van der Waals surface area contributed by atoms with E-state index in [2.05, 4.69) is 31.3 Å². The molecule has 0 aromatic carbocycles. The molecule has 300 valence electrons. The van der Waals surface area contributed by atoms with Gasteiger partial charge in [0.2, 0.25) is 5.91 Å². The summed E-state index contributed by atoms with van der Waals surface area (Å²) in [4.78, 5) is 12.9. The maximum atomic E-state index is 12.9. The maximum absolute atomic E-state index is 12.9. The highest BCUT2D eigenvalue weighted by Gasteiger charge is 2.44. The fraction of sp³-hybridized carbons (Fsp3) is 0.881. The van der Waals surface area contributed by atoms with Gasteiger partial charge in [0.15, 0.2) is 6.29 Å². The highest BCUT2D eigenvalue weighted by Crippen LogP contribution is 2.22. The van der Waals surface area contributed by atoms with Crippen LogP contribution in [0.2, 0.25) is 0 Å². The zero-order chi connectivity index (χ0) is 37.4. The molecule has 0 bridgehead atoms. The first-order valence-electron chi connectivity index (χ1n) is 21.1. The predicted molar refractivity (Wildman–Crippen MR) is 207 cm³/mol. The minimum Gasteiger partial charge on any atom is -0.394 e. The van der Waals surface area contributed by atoms with Crippen molar-refractivity contribution in [2.45, 2.75) is 224 Å². The number of hydrogen-bond donors (Lipinski definition) is 6. The topological polar surface area (TPSA) is 149 Å². The van der Waals surface area contributed by atoms with Gasteiger partial charge in [-0.25, -0.2) is 0 Å². The van der Waals surface area contributed by atoms with E-state index in [-0.39, 0.29) is 12.5 Å². The molecule has 9 heteroatoms. The Morgan fingerprint density at radius 3 is 1.59 bits per heavy atom. The molecule has 0 spiro atoms. The maximum Gasteiger partial charge on any atom is 0.220 e. The third-order valence-electron chi connectivity index (χ3n) is 10.0. The van der Waals surface area contributed by atoms with Gasteiger partial charge in [0, 0.05) is 6.42 Å². The van der Waals surface area contributed by atoms with Crippen molar-refractivity contribution < 1.29 is 39.8 Å². The molecule has 1 rings (SSSR count). The smallest absolute Gasteiger partial charge is 0.220 e. The Morgan fingerprint density at radius 1 is 0.647 bits per heavy atom. The van der Waals surface area contributed by atoms with Crippen molar-refractivity contribution in [2.24, 2.45) is 0 Å². The first-order valence-corrected chi connectivity index (χ1v) is 21.1. The molecule has 0 aliphatic carbocycles. The number of unbranched alkanes of at least 4 members (excludes halogenated alkanes) is 22. The van der Waals surface area contributed by atoms with Crippen molar-refractivity contribution in [1.29, 1.82) is 0 Å². The van der Waals surface area contributed by atoms with Gasteiger partial charge in [-0.05, 0) is 44.9 Å². The van der Waals surface area contributed by atoms with Gasteiger partial charge in [-0.3, -0.25) is 4.79 Å². The van der Waals surface area contributed by atoms with Gasteiger partial charge in [0.25, 0.3) is 0 Å². The number of aliphatic hydroxyl groups is 5. The van der Waals surface area contributed by atoms with E-state index in [9.17, 15) is 30.3 Å². The van der Waals surface area contributed by atoms with Crippen LogP contribution in [-0.4, -0.2) is 87.5 Å². The number of nitrogens with one attached hydrogen (secondary N) is 1. The van der Waals surface area contributed by atoms with Crippen LogP contribution in [0, 0.1) is 0 Å². The van der Waals surface area contributed by atoms with E-state index >= 15 is 0 Å². The molecule has 1 aliphatic rings. The summed E-state index contributed by atoms with van der Waals surface area (Å²) in [6, 6.07) is -0.804. The number of carbonyl (C=O) groups excluding carboxylic acids is 1. The average Bonchev–Trinajstić information content (AvgIpc) is 3.13. The molecular weight excluding hydrogens is 646 g/mol. The first kappa shape index (κ1) is 47.7. The number of aliphatic hydroxyl groups excluding tert-OH is 5. The molecule has 0 radical (unpaired) electrons. The summed E-state index contributed by atoms with van der Waals surface area (Å²) in [5.74, 6) is -0.187. The van der Waals surface area contributed by atoms with Crippen LogP contribution in [0.3, 0.4) is 0 Å². The molecule has 7 atom stereocenters. The SMILES string of the molecule is CCCCCCCC/C=C/CCCCCCCC(=O)N[C@@H](CO[C@H]1O[C@@H](CO)[C@H](O)C(O)C1O)[C@H](O)/C=C/CCCCCCCCCCCCC. The zero-order valence-electron chi connectivity index (χ0n) is 32.6. The molecule has 9 nitrogen and oxygen atoms in total. The van der Waals surface area contributed by atoms with Crippen LogP contribution < -0.4 is 5.32 Å². The van der Waals surface area contributed by atoms with Crippen LogP contribution in [0.25, 0.3) is 0 Å². The van der Waals surface area contributed by atoms with Crippen molar-refractivity contribution in [3.8, 4) is 0 Å². The molecule has 1 saturated heterocycles. The van der Waals surface area contributed by atoms with Crippen LogP contribution in [0.15, 0.2) is 24.3 Å². The van der Waals surface area contributed by atoms with E-state index in [4.69, 9.17) is 9.47 Å². The number of allylic oxidation sites excluding steroid dienone is 3. The van der Waals surface area contributed by atoms with Gasteiger partial charge >= 0.3 is 0 Å². The standard InChI is InChI=1S/C42H79NO8/c1-3-5-7-9-11-13-15-17-18-20-22-24-26-28-30-32-38(46)43-35(34-50-42-41(49)40(48)39(47)37(33-44)51-42)36(45)31-29-27-25-23-21-19-16-14-12-10-8-6-4-2/h17-18,29,31,35-37,39-42,44-45,47-49H,3-16,19-28,30,32-34H2,1-2H3,(H,43,46)/b18-17+,31-29+/t35-,36+,37-,39-,40?,41?,42-/m0/s1. The van der Waals surface area contributed by atoms with Gasteiger partial charge < -0.3 is 40.3 Å².